The van der Waals surface area contributed by atoms with Crippen LogP contribution < -0.4 is 0 Å². The summed E-state index contributed by atoms with van der Waals surface area (Å²) in [7, 11) is 0. The fraction of sp³-hybridized carbons (Fsp3) is 0.286. The third kappa shape index (κ3) is 8.23. The van der Waals surface area contributed by atoms with E-state index in [4.69, 9.17) is 10.2 Å². The minimum Gasteiger partial charge on any atom is -0.289 e. The molecule has 0 fully saturated rings. The Balaban J connectivity index is 1.73. The smallest absolute Gasteiger partial charge is 0.185 e. The van der Waals surface area contributed by atoms with Gasteiger partial charge in [-0.25, -0.2) is 0 Å². The van der Waals surface area contributed by atoms with E-state index < -0.39 is 0 Å². The molecule has 0 radical (unpaired) electrons. The summed E-state index contributed by atoms with van der Waals surface area (Å²) in [5, 5.41) is 18.9. The predicted molar refractivity (Wildman–Crippen MR) is 202 cm³/mol. The molecule has 0 N–H and O–H groups in total. The van der Waals surface area contributed by atoms with Crippen LogP contribution in [0.25, 0.3) is 11.4 Å². The molecule has 1 heterocycles. The van der Waals surface area contributed by atoms with Gasteiger partial charge in [-0.2, -0.15) is 10.2 Å². The number of ketones is 2. The van der Waals surface area contributed by atoms with Crippen molar-refractivity contribution in [2.45, 2.75) is 69.2 Å². The highest BCUT2D eigenvalue weighted by molar-refractivity contribution is 7.14. The number of carbonyl (C=O) groups is 2. The average Bonchev–Trinajstić information content (AvgIpc) is 3.50. The van der Waals surface area contributed by atoms with Gasteiger partial charge in [-0.3, -0.25) is 9.59 Å². The highest BCUT2D eigenvalue weighted by Crippen LogP contribution is 2.41. The Morgan fingerprint density at radius 3 is 1.18 bits per heavy atom. The van der Waals surface area contributed by atoms with E-state index >= 15 is 0 Å². The van der Waals surface area contributed by atoms with E-state index in [2.05, 4.69) is 10.2 Å². The Morgan fingerprint density at radius 1 is 0.510 bits per heavy atom. The minimum absolute atomic E-state index is 0.0388. The van der Waals surface area contributed by atoms with Crippen LogP contribution in [0.1, 0.15) is 76.3 Å². The molecule has 0 spiro atoms. The summed E-state index contributed by atoms with van der Waals surface area (Å²) in [6, 6.07) is 19.8. The molecule has 0 saturated carbocycles. The van der Waals surface area contributed by atoms with E-state index in [0.29, 0.717) is 22.5 Å². The molecule has 0 amide bonds. The van der Waals surface area contributed by atoms with Crippen molar-refractivity contribution in [1.29, 1.82) is 0 Å². The molecule has 2 aliphatic rings. The molecule has 49 heavy (non-hydrogen) atoms. The molecular formula is C42H44N4O2S. The van der Waals surface area contributed by atoms with Crippen LogP contribution in [-0.4, -0.2) is 11.6 Å². The van der Waals surface area contributed by atoms with Gasteiger partial charge in [0.25, 0.3) is 0 Å². The van der Waals surface area contributed by atoms with Crippen molar-refractivity contribution in [1.82, 2.24) is 0 Å². The molecule has 2 aliphatic carbocycles. The highest BCUT2D eigenvalue weighted by Gasteiger charge is 2.30. The van der Waals surface area contributed by atoms with Crippen LogP contribution in [0.2, 0.25) is 0 Å². The van der Waals surface area contributed by atoms with Crippen LogP contribution in [0.5, 0.6) is 0 Å². The van der Waals surface area contributed by atoms with E-state index in [1.165, 1.54) is 11.3 Å². The predicted octanol–water partition coefficient (Wildman–Crippen LogP) is 12.4. The number of nitrogens with zero attached hydrogens (tertiary/aromatic N) is 4. The van der Waals surface area contributed by atoms with Crippen molar-refractivity contribution in [3.8, 4) is 0 Å². The van der Waals surface area contributed by atoms with Crippen molar-refractivity contribution < 1.29 is 9.59 Å². The van der Waals surface area contributed by atoms with Gasteiger partial charge in [-0.15, -0.1) is 21.6 Å². The van der Waals surface area contributed by atoms with Gasteiger partial charge >= 0.3 is 0 Å². The van der Waals surface area contributed by atoms with Crippen molar-refractivity contribution in [2.24, 2.45) is 31.3 Å². The zero-order chi connectivity index (χ0) is 35.7. The van der Waals surface area contributed by atoms with Crippen molar-refractivity contribution in [2.75, 3.05) is 0 Å². The van der Waals surface area contributed by atoms with E-state index in [-0.39, 0.29) is 22.4 Å². The summed E-state index contributed by atoms with van der Waals surface area (Å²) in [6.45, 7) is 20.0. The Bertz CT molecular complexity index is 1910. The number of aryl methyl sites for hydroxylation is 2. The largest absolute Gasteiger partial charge is 0.289 e. The molecule has 3 aromatic rings. The van der Waals surface area contributed by atoms with Gasteiger partial charge in [0.05, 0.1) is 21.1 Å². The van der Waals surface area contributed by atoms with Gasteiger partial charge in [0.2, 0.25) is 0 Å². The molecule has 7 heteroatoms. The van der Waals surface area contributed by atoms with Gasteiger partial charge in [0, 0.05) is 22.3 Å². The lowest BCUT2D eigenvalue weighted by atomic mass is 9.78. The number of thiophene rings is 1. The summed E-state index contributed by atoms with van der Waals surface area (Å²) in [5.41, 5.74) is 8.74. The fourth-order valence-electron chi connectivity index (χ4n) is 5.46. The number of hydrogen-bond donors (Lipinski definition) is 0. The Hall–Kier alpha value is -4.88. The van der Waals surface area contributed by atoms with Crippen LogP contribution in [-0.2, 0) is 9.59 Å². The van der Waals surface area contributed by atoms with Crippen LogP contribution in [0.3, 0.4) is 0 Å². The monoisotopic (exact) mass is 668 g/mol. The second-order valence-electron chi connectivity index (χ2n) is 14.8. The molecule has 5 rings (SSSR count). The number of hydrogen-bond acceptors (Lipinski definition) is 7. The van der Waals surface area contributed by atoms with Crippen molar-refractivity contribution >= 4 is 45.7 Å². The van der Waals surface area contributed by atoms with Gasteiger partial charge in [-0.1, -0.05) is 76.9 Å². The third-order valence-corrected chi connectivity index (χ3v) is 9.48. The SMILES string of the molecule is CC1=CC(=C(N=Nc2ccc(C)cc2)c2ccc(C(N=Nc3ccc(C)cc3)=C3C=C(C)C(=O)C(C(C)(C)C)=C3)s2)C=C(C(C)(C)C)C1=O. The molecule has 0 bridgehead atoms. The Labute approximate surface area is 294 Å². The topological polar surface area (TPSA) is 83.6 Å². The van der Waals surface area contributed by atoms with Gasteiger partial charge in [-0.05, 0) is 110 Å². The number of azo groups is 2. The quantitative estimate of drug-likeness (QED) is 0.245. The highest BCUT2D eigenvalue weighted by atomic mass is 32.1. The maximum Gasteiger partial charge on any atom is 0.185 e. The first-order chi connectivity index (χ1) is 23.0. The van der Waals surface area contributed by atoms with E-state index in [1.54, 1.807) is 0 Å². The van der Waals surface area contributed by atoms with Crippen molar-refractivity contribution in [3.63, 3.8) is 0 Å². The van der Waals surface area contributed by atoms with E-state index in [0.717, 1.165) is 54.5 Å². The molecule has 1 aromatic heterocycles. The summed E-state index contributed by atoms with van der Waals surface area (Å²) in [5.74, 6) is 0.0776. The maximum absolute atomic E-state index is 13.2. The second kappa shape index (κ2) is 13.9. The molecule has 0 atom stereocenters. The average molecular weight is 669 g/mol. The lowest BCUT2D eigenvalue weighted by Gasteiger charge is -2.25. The summed E-state index contributed by atoms with van der Waals surface area (Å²) in [6.07, 6.45) is 7.69. The lowest BCUT2D eigenvalue weighted by Crippen LogP contribution is -2.21. The molecular weight excluding hydrogens is 625 g/mol. The first-order valence-electron chi connectivity index (χ1n) is 16.5. The molecule has 250 valence electrons. The van der Waals surface area contributed by atoms with Gasteiger partial charge in [0.1, 0.15) is 11.4 Å². The lowest BCUT2D eigenvalue weighted by molar-refractivity contribution is -0.113. The fourth-order valence-corrected chi connectivity index (χ4v) is 6.48. The van der Waals surface area contributed by atoms with Crippen LogP contribution in [0.15, 0.2) is 139 Å². The molecule has 2 aromatic carbocycles. The van der Waals surface area contributed by atoms with Crippen LogP contribution >= 0.6 is 11.3 Å². The number of benzene rings is 2. The minimum atomic E-state index is -0.356. The first-order valence-corrected chi connectivity index (χ1v) is 17.3. The number of allylic oxidation sites excluding steroid dienone is 10. The molecule has 0 saturated heterocycles. The standard InChI is InChI=1S/C42H44N4O2S/c1-25-11-15-31(16-12-25)43-45-37(29-21-27(3)39(47)33(23-29)41(5,6)7)35-19-20-36(49-35)38(46-44-32-17-13-26(2)14-18-32)30-22-28(4)40(48)34(24-30)42(8,9)10/h11-24H,1-10H3. The second-order valence-corrected chi connectivity index (χ2v) is 15.9. The zero-order valence-corrected chi connectivity index (χ0v) is 30.9. The maximum atomic E-state index is 13.2. The Morgan fingerprint density at radius 2 is 0.857 bits per heavy atom. The summed E-state index contributed by atoms with van der Waals surface area (Å²) in [4.78, 5) is 28.2. The first kappa shape index (κ1) is 35.4. The summed E-state index contributed by atoms with van der Waals surface area (Å²) < 4.78 is 0. The normalized spacial score (nSPS) is 18.1. The van der Waals surface area contributed by atoms with E-state index in [9.17, 15) is 9.59 Å². The van der Waals surface area contributed by atoms with Gasteiger partial charge < -0.3 is 0 Å². The van der Waals surface area contributed by atoms with E-state index in [1.807, 2.05) is 154 Å². The Kier molecular flexibility index (Phi) is 10.1. The molecule has 0 unspecified atom stereocenters. The zero-order valence-electron chi connectivity index (χ0n) is 30.1. The summed E-state index contributed by atoms with van der Waals surface area (Å²) >= 11 is 1.52. The van der Waals surface area contributed by atoms with Crippen LogP contribution in [0, 0.1) is 24.7 Å². The number of rotatable bonds is 6. The van der Waals surface area contributed by atoms with Crippen molar-refractivity contribution in [3.05, 3.63) is 139 Å². The third-order valence-electron chi connectivity index (χ3n) is 8.38. The number of carbonyl (C=O) groups excluding carboxylic acids is 2. The molecule has 0 aliphatic heterocycles. The van der Waals surface area contributed by atoms with Gasteiger partial charge in [0.15, 0.2) is 11.6 Å². The van der Waals surface area contributed by atoms with Crippen LogP contribution in [0.4, 0.5) is 11.4 Å². The molecule has 6 nitrogen and oxygen atoms in total. The number of Topliss-reactive ketones (excluding diaryl/α,β-unsaturated/α-hetero) is 2.